The predicted molar refractivity (Wildman–Crippen MR) is 128 cm³/mol. The Labute approximate surface area is 178 Å². The van der Waals surface area contributed by atoms with Crippen LogP contribution in [0.3, 0.4) is 0 Å². The van der Waals surface area contributed by atoms with E-state index in [0.717, 1.165) is 36.8 Å². The van der Waals surface area contributed by atoms with E-state index in [1.54, 1.807) is 0 Å². The molecule has 0 fully saturated rings. The number of aromatic hydroxyl groups is 1. The van der Waals surface area contributed by atoms with Gasteiger partial charge in [-0.25, -0.2) is 0 Å². The molecule has 1 rings (SSSR count). The largest absolute Gasteiger partial charge is 0.507 e. The highest BCUT2D eigenvalue weighted by Crippen LogP contribution is 2.38. The molecule has 28 heavy (non-hydrogen) atoms. The number of rotatable bonds is 10. The SMILES string of the molecule is CC(C)=CCCC(C)=CCCC(C)=CCC(C)(C)Sc1cc(C)c(O)c(C)c1. The van der Waals surface area contributed by atoms with E-state index >= 15 is 0 Å². The van der Waals surface area contributed by atoms with Crippen LogP contribution in [-0.2, 0) is 0 Å². The summed E-state index contributed by atoms with van der Waals surface area (Å²) in [6.07, 6.45) is 12.8. The summed E-state index contributed by atoms with van der Waals surface area (Å²) >= 11 is 1.89. The van der Waals surface area contributed by atoms with Crippen LogP contribution < -0.4 is 0 Å². The number of allylic oxidation sites excluding steroid dienone is 6. The molecule has 1 aromatic carbocycles. The van der Waals surface area contributed by atoms with E-state index in [9.17, 15) is 5.11 Å². The first kappa shape index (κ1) is 24.6. The van der Waals surface area contributed by atoms with Crippen LogP contribution in [0.15, 0.2) is 52.0 Å². The molecule has 0 heterocycles. The summed E-state index contributed by atoms with van der Waals surface area (Å²) in [6.45, 7) is 17.4. The van der Waals surface area contributed by atoms with Crippen molar-refractivity contribution in [1.82, 2.24) is 0 Å². The molecule has 1 nitrogen and oxygen atoms in total. The third-order valence-corrected chi connectivity index (χ3v) is 6.11. The van der Waals surface area contributed by atoms with Crippen LogP contribution in [0.4, 0.5) is 0 Å². The molecule has 0 amide bonds. The van der Waals surface area contributed by atoms with Gasteiger partial charge < -0.3 is 5.11 Å². The minimum Gasteiger partial charge on any atom is -0.507 e. The molecular weight excluding hydrogens is 360 g/mol. The normalized spacial score (nSPS) is 13.0. The lowest BCUT2D eigenvalue weighted by atomic mass is 10.0. The summed E-state index contributed by atoms with van der Waals surface area (Å²) < 4.78 is 0.132. The standard InChI is InChI=1S/C26H40OS/c1-19(2)11-9-12-20(3)13-10-14-21(4)15-16-26(7,8)28-24-17-22(5)25(27)23(6)18-24/h11,13,15,17-18,27H,9-10,12,14,16H2,1-8H3. The van der Waals surface area contributed by atoms with Crippen molar-refractivity contribution in [3.8, 4) is 5.75 Å². The van der Waals surface area contributed by atoms with E-state index in [-0.39, 0.29) is 4.75 Å². The minimum atomic E-state index is 0.132. The lowest BCUT2D eigenvalue weighted by Crippen LogP contribution is -2.13. The molecule has 0 aliphatic carbocycles. The monoisotopic (exact) mass is 400 g/mol. The zero-order chi connectivity index (χ0) is 21.3. The number of hydrogen-bond donors (Lipinski definition) is 1. The Morgan fingerprint density at radius 1 is 0.893 bits per heavy atom. The second-order valence-electron chi connectivity index (χ2n) is 8.93. The van der Waals surface area contributed by atoms with Crippen molar-refractivity contribution >= 4 is 11.8 Å². The Bertz CT molecular complexity index is 708. The summed E-state index contributed by atoms with van der Waals surface area (Å²) in [6, 6.07) is 4.18. The number of phenols is 1. The molecule has 1 N–H and O–H groups in total. The third kappa shape index (κ3) is 9.68. The Morgan fingerprint density at radius 3 is 1.93 bits per heavy atom. The molecule has 0 bridgehead atoms. The van der Waals surface area contributed by atoms with E-state index in [4.69, 9.17) is 0 Å². The maximum atomic E-state index is 9.97. The van der Waals surface area contributed by atoms with Gasteiger partial charge in [0.15, 0.2) is 0 Å². The van der Waals surface area contributed by atoms with Crippen LogP contribution in [0, 0.1) is 13.8 Å². The summed E-state index contributed by atoms with van der Waals surface area (Å²) in [4.78, 5) is 1.23. The number of phenolic OH excluding ortho intramolecular Hbond substituents is 1. The molecule has 0 radical (unpaired) electrons. The molecule has 156 valence electrons. The highest BCUT2D eigenvalue weighted by Gasteiger charge is 2.19. The van der Waals surface area contributed by atoms with Crippen LogP contribution in [0.5, 0.6) is 5.75 Å². The summed E-state index contributed by atoms with van der Waals surface area (Å²) in [5.74, 6) is 0.419. The number of thioether (sulfide) groups is 1. The zero-order valence-corrected chi connectivity index (χ0v) is 20.1. The van der Waals surface area contributed by atoms with Gasteiger partial charge in [0.05, 0.1) is 0 Å². The average Bonchev–Trinajstić information content (AvgIpc) is 2.57. The molecule has 0 aliphatic heterocycles. The molecular formula is C26H40OS. The van der Waals surface area contributed by atoms with Gasteiger partial charge in [0.2, 0.25) is 0 Å². The van der Waals surface area contributed by atoms with Crippen molar-refractivity contribution < 1.29 is 5.11 Å². The van der Waals surface area contributed by atoms with E-state index in [2.05, 4.69) is 71.9 Å². The fraction of sp³-hybridized carbons (Fsp3) is 0.538. The van der Waals surface area contributed by atoms with Crippen molar-refractivity contribution in [3.63, 3.8) is 0 Å². The molecule has 0 atom stereocenters. The van der Waals surface area contributed by atoms with Crippen LogP contribution in [-0.4, -0.2) is 9.85 Å². The molecule has 0 spiro atoms. The van der Waals surface area contributed by atoms with Gasteiger partial charge >= 0.3 is 0 Å². The molecule has 0 aliphatic rings. The predicted octanol–water partition coefficient (Wildman–Crippen LogP) is 8.69. The maximum absolute atomic E-state index is 9.97. The van der Waals surface area contributed by atoms with E-state index < -0.39 is 0 Å². The molecule has 0 aromatic heterocycles. The maximum Gasteiger partial charge on any atom is 0.121 e. The van der Waals surface area contributed by atoms with Crippen LogP contribution in [0.2, 0.25) is 0 Å². The van der Waals surface area contributed by atoms with Gasteiger partial charge in [-0.05, 0) is 96.9 Å². The van der Waals surface area contributed by atoms with Crippen LogP contribution in [0.25, 0.3) is 0 Å². The van der Waals surface area contributed by atoms with Crippen molar-refractivity contribution in [2.45, 2.75) is 97.1 Å². The Balaban J connectivity index is 2.53. The molecule has 1 aromatic rings. The Morgan fingerprint density at radius 2 is 1.39 bits per heavy atom. The highest BCUT2D eigenvalue weighted by molar-refractivity contribution is 8.00. The molecule has 2 heteroatoms. The Kier molecular flexibility index (Phi) is 10.2. The lowest BCUT2D eigenvalue weighted by Gasteiger charge is -2.23. The molecule has 0 saturated carbocycles. The van der Waals surface area contributed by atoms with Gasteiger partial charge in [-0.3, -0.25) is 0 Å². The van der Waals surface area contributed by atoms with E-state index in [0.29, 0.717) is 5.75 Å². The first-order chi connectivity index (χ1) is 13.0. The summed E-state index contributed by atoms with van der Waals surface area (Å²) in [5, 5.41) is 9.97. The quantitative estimate of drug-likeness (QED) is 0.313. The first-order valence-corrected chi connectivity index (χ1v) is 11.3. The minimum absolute atomic E-state index is 0.132. The fourth-order valence-electron chi connectivity index (χ4n) is 3.09. The number of benzene rings is 1. The van der Waals surface area contributed by atoms with Crippen molar-refractivity contribution in [3.05, 3.63) is 58.2 Å². The highest BCUT2D eigenvalue weighted by atomic mass is 32.2. The molecule has 0 saturated heterocycles. The number of hydrogen-bond acceptors (Lipinski definition) is 2. The zero-order valence-electron chi connectivity index (χ0n) is 19.3. The van der Waals surface area contributed by atoms with Gasteiger partial charge in [0.1, 0.15) is 5.75 Å². The van der Waals surface area contributed by atoms with Gasteiger partial charge in [-0.15, -0.1) is 11.8 Å². The van der Waals surface area contributed by atoms with Gasteiger partial charge in [0, 0.05) is 9.64 Å². The topological polar surface area (TPSA) is 20.2 Å². The van der Waals surface area contributed by atoms with Crippen molar-refractivity contribution in [1.29, 1.82) is 0 Å². The van der Waals surface area contributed by atoms with E-state index in [1.807, 2.05) is 25.6 Å². The van der Waals surface area contributed by atoms with Gasteiger partial charge in [0.25, 0.3) is 0 Å². The van der Waals surface area contributed by atoms with Gasteiger partial charge in [-0.1, -0.05) is 48.8 Å². The lowest BCUT2D eigenvalue weighted by molar-refractivity contribution is 0.466. The summed E-state index contributed by atoms with van der Waals surface area (Å²) in [5.41, 5.74) is 6.29. The van der Waals surface area contributed by atoms with E-state index in [1.165, 1.54) is 28.0 Å². The first-order valence-electron chi connectivity index (χ1n) is 10.4. The average molecular weight is 401 g/mol. The second-order valence-corrected chi connectivity index (χ2v) is 10.7. The number of aryl methyl sites for hydroxylation is 2. The third-order valence-electron chi connectivity index (χ3n) is 4.92. The Hall–Kier alpha value is -1.41. The van der Waals surface area contributed by atoms with Gasteiger partial charge in [-0.2, -0.15) is 0 Å². The van der Waals surface area contributed by atoms with Crippen LogP contribution in [0.1, 0.15) is 84.8 Å². The summed E-state index contributed by atoms with van der Waals surface area (Å²) in [7, 11) is 0. The smallest absolute Gasteiger partial charge is 0.121 e. The fourth-order valence-corrected chi connectivity index (χ4v) is 4.37. The molecule has 0 unspecified atom stereocenters. The second kappa shape index (κ2) is 11.6. The van der Waals surface area contributed by atoms with Crippen molar-refractivity contribution in [2.24, 2.45) is 0 Å². The van der Waals surface area contributed by atoms with Crippen LogP contribution >= 0.6 is 11.8 Å². The van der Waals surface area contributed by atoms with Crippen molar-refractivity contribution in [2.75, 3.05) is 0 Å².